The van der Waals surface area contributed by atoms with E-state index in [1.165, 1.54) is 0 Å². The first-order chi connectivity index (χ1) is 22.0. The van der Waals surface area contributed by atoms with Crippen LogP contribution in [0.2, 0.25) is 0 Å². The van der Waals surface area contributed by atoms with Gasteiger partial charge in [-0.2, -0.15) is 13.2 Å². The molecule has 3 aromatic heterocycles. The predicted octanol–water partition coefficient (Wildman–Crippen LogP) is 8.99. The molecule has 0 spiro atoms. The van der Waals surface area contributed by atoms with Crippen molar-refractivity contribution in [2.45, 2.75) is 76.9 Å². The zero-order valence-electron chi connectivity index (χ0n) is 27.1. The number of benzene rings is 2. The molecule has 0 radical (unpaired) electrons. The molecule has 0 bridgehead atoms. The average Bonchev–Trinajstić information content (AvgIpc) is 3.26. The predicted molar refractivity (Wildman–Crippen MR) is 178 cm³/mol. The van der Waals surface area contributed by atoms with Crippen LogP contribution in [0.3, 0.4) is 0 Å². The van der Waals surface area contributed by atoms with Crippen LogP contribution in [0.4, 0.5) is 13.2 Å². The Morgan fingerprint density at radius 3 is 2.28 bits per heavy atom. The zero-order chi connectivity index (χ0) is 34.1. The fourth-order valence-electron chi connectivity index (χ4n) is 5.10. The zero-order valence-corrected chi connectivity index (χ0v) is 28.0. The minimum atomic E-state index is -4.46. The van der Waals surface area contributed by atoms with Crippen LogP contribution in [0.1, 0.15) is 62.8 Å². The normalized spacial score (nSPS) is 12.4. The third-order valence-corrected chi connectivity index (χ3v) is 8.86. The Morgan fingerprint density at radius 2 is 1.66 bits per heavy atom. The number of nitrogens with zero attached hydrogens (tertiary/aromatic N) is 4. The van der Waals surface area contributed by atoms with Gasteiger partial charge in [-0.25, -0.2) is 0 Å². The highest BCUT2D eigenvalue weighted by Crippen LogP contribution is 2.44. The molecular weight excluding hydrogens is 625 g/mol. The number of hydrogen-bond donors (Lipinski definition) is 1. The molecule has 0 amide bonds. The molecule has 0 saturated carbocycles. The van der Waals surface area contributed by atoms with E-state index < -0.39 is 23.1 Å². The van der Waals surface area contributed by atoms with Gasteiger partial charge in [-0.1, -0.05) is 45.0 Å². The Kier molecular flexibility index (Phi) is 9.41. The molecule has 47 heavy (non-hydrogen) atoms. The largest absolute Gasteiger partial charge is 0.487 e. The van der Waals surface area contributed by atoms with Crippen molar-refractivity contribution in [3.05, 3.63) is 101 Å². The number of carboxylic acid groups (broad SMARTS) is 1. The maximum absolute atomic E-state index is 13.3. The Hall–Kier alpha value is -4.38. The third kappa shape index (κ3) is 8.13. The van der Waals surface area contributed by atoms with E-state index in [2.05, 4.69) is 40.3 Å². The summed E-state index contributed by atoms with van der Waals surface area (Å²) in [6.07, 6.45) is 0.354. The van der Waals surface area contributed by atoms with E-state index >= 15 is 0 Å². The van der Waals surface area contributed by atoms with Crippen LogP contribution in [0, 0.1) is 12.3 Å². The van der Waals surface area contributed by atoms with Crippen LogP contribution in [0.25, 0.3) is 22.2 Å². The van der Waals surface area contributed by atoms with Crippen molar-refractivity contribution in [2.24, 2.45) is 5.41 Å². The number of hydrogen-bond acceptors (Lipinski definition) is 6. The first-order valence-corrected chi connectivity index (χ1v) is 15.9. The molecule has 0 aliphatic carbocycles. The van der Waals surface area contributed by atoms with Crippen molar-refractivity contribution in [3.63, 3.8) is 0 Å². The molecule has 5 rings (SSSR count). The number of halogens is 3. The van der Waals surface area contributed by atoms with Crippen LogP contribution in [-0.2, 0) is 30.5 Å². The molecule has 0 aliphatic rings. The smallest absolute Gasteiger partial charge is 0.416 e. The number of alkyl halides is 3. The van der Waals surface area contributed by atoms with Gasteiger partial charge in [-0.05, 0) is 56.7 Å². The maximum atomic E-state index is 13.3. The number of pyridine rings is 1. The Balaban J connectivity index is 1.56. The minimum absolute atomic E-state index is 0.185. The second-order valence-electron chi connectivity index (χ2n) is 13.2. The van der Waals surface area contributed by atoms with Gasteiger partial charge in [0.15, 0.2) is 0 Å². The van der Waals surface area contributed by atoms with Gasteiger partial charge >= 0.3 is 12.1 Å². The van der Waals surface area contributed by atoms with Crippen LogP contribution in [0.5, 0.6) is 5.75 Å². The summed E-state index contributed by atoms with van der Waals surface area (Å²) in [5.74, 6) is -0.253. The molecule has 1 N–H and O–H groups in total. The molecule has 5 aromatic rings. The molecule has 11 heteroatoms. The fraction of sp³-hybridized carbons (Fsp3) is 0.333. The SMILES string of the molecule is Cc1cnc(COc2ccc3c(c2)c(SC(C)(C)C)c(CC(C)(C)C(=O)O)n3Cc2ccc(-c3cc(C(F)(F)F)ccn3)cc2)cn1. The van der Waals surface area contributed by atoms with Crippen molar-refractivity contribution in [1.82, 2.24) is 19.5 Å². The lowest BCUT2D eigenvalue weighted by Gasteiger charge is -2.24. The van der Waals surface area contributed by atoms with Gasteiger partial charge in [-0.3, -0.25) is 19.7 Å². The van der Waals surface area contributed by atoms with Gasteiger partial charge in [0.2, 0.25) is 0 Å². The number of carbonyl (C=O) groups is 1. The van der Waals surface area contributed by atoms with E-state index in [1.54, 1.807) is 50.1 Å². The first-order valence-electron chi connectivity index (χ1n) is 15.1. The number of aromatic nitrogens is 4. The Bertz CT molecular complexity index is 1890. The standard InChI is InChI=1S/C36H37F3N4O3S/c1-22-18-42-26(19-41-22)21-46-27-11-12-30-28(16-27)32(47-34(2,3)4)31(17-35(5,6)33(44)45)43(30)20-23-7-9-24(10-8-23)29-15-25(13-14-40-29)36(37,38)39/h7-16,18-19H,17,20-21H2,1-6H3,(H,44,45). The second kappa shape index (κ2) is 13.0. The summed E-state index contributed by atoms with van der Waals surface area (Å²) < 4.78 is 48.0. The highest BCUT2D eigenvalue weighted by atomic mass is 32.2. The van der Waals surface area contributed by atoms with Gasteiger partial charge in [-0.15, -0.1) is 11.8 Å². The van der Waals surface area contributed by atoms with Gasteiger partial charge < -0.3 is 14.4 Å². The number of rotatable bonds is 10. The summed E-state index contributed by atoms with van der Waals surface area (Å²) in [4.78, 5) is 26.1. The summed E-state index contributed by atoms with van der Waals surface area (Å²) >= 11 is 1.68. The van der Waals surface area contributed by atoms with Gasteiger partial charge in [0, 0.05) is 57.2 Å². The minimum Gasteiger partial charge on any atom is -0.487 e. The first kappa shape index (κ1) is 34.0. The number of fused-ring (bicyclic) bond motifs is 1. The van der Waals surface area contributed by atoms with Gasteiger partial charge in [0.1, 0.15) is 12.4 Å². The molecule has 0 saturated heterocycles. The average molecular weight is 663 g/mol. The van der Waals surface area contributed by atoms with Crippen LogP contribution >= 0.6 is 11.8 Å². The van der Waals surface area contributed by atoms with Crippen molar-refractivity contribution in [3.8, 4) is 17.0 Å². The lowest BCUT2D eigenvalue weighted by atomic mass is 9.88. The molecular formula is C36H37F3N4O3S. The van der Waals surface area contributed by atoms with Crippen molar-refractivity contribution in [1.29, 1.82) is 0 Å². The number of aliphatic carboxylic acids is 1. The summed E-state index contributed by atoms with van der Waals surface area (Å²) in [7, 11) is 0. The molecule has 0 fully saturated rings. The van der Waals surface area contributed by atoms with Crippen LogP contribution in [-0.4, -0.2) is 35.3 Å². The van der Waals surface area contributed by atoms with Crippen LogP contribution < -0.4 is 4.74 Å². The number of carboxylic acids is 1. The Labute approximate surface area is 276 Å². The monoisotopic (exact) mass is 662 g/mol. The van der Waals surface area contributed by atoms with Crippen LogP contribution in [0.15, 0.2) is 78.1 Å². The fourth-order valence-corrected chi connectivity index (χ4v) is 6.28. The number of aryl methyl sites for hydroxylation is 1. The van der Waals surface area contributed by atoms with E-state index in [4.69, 9.17) is 4.74 Å². The van der Waals surface area contributed by atoms with E-state index in [1.807, 2.05) is 37.3 Å². The maximum Gasteiger partial charge on any atom is 0.416 e. The highest BCUT2D eigenvalue weighted by Gasteiger charge is 2.33. The molecule has 3 heterocycles. The molecule has 0 atom stereocenters. The summed E-state index contributed by atoms with van der Waals surface area (Å²) in [6.45, 7) is 12.3. The highest BCUT2D eigenvalue weighted by molar-refractivity contribution is 8.00. The van der Waals surface area contributed by atoms with E-state index in [9.17, 15) is 23.1 Å². The quantitative estimate of drug-likeness (QED) is 0.149. The molecule has 2 aromatic carbocycles. The van der Waals surface area contributed by atoms with Crippen molar-refractivity contribution in [2.75, 3.05) is 0 Å². The summed E-state index contributed by atoms with van der Waals surface area (Å²) in [5.41, 5.74) is 3.21. The lowest BCUT2D eigenvalue weighted by molar-refractivity contribution is -0.147. The number of thioether (sulfide) groups is 1. The molecule has 0 unspecified atom stereocenters. The topological polar surface area (TPSA) is 90.1 Å². The molecule has 0 aliphatic heterocycles. The van der Waals surface area contributed by atoms with Crippen molar-refractivity contribution >= 4 is 28.6 Å². The number of ether oxygens (including phenoxy) is 1. The second-order valence-corrected chi connectivity index (χ2v) is 15.0. The van der Waals surface area contributed by atoms with E-state index in [0.29, 0.717) is 23.6 Å². The molecule has 7 nitrogen and oxygen atoms in total. The van der Waals surface area contributed by atoms with E-state index in [-0.39, 0.29) is 23.5 Å². The van der Waals surface area contributed by atoms with Gasteiger partial charge in [0.25, 0.3) is 0 Å². The van der Waals surface area contributed by atoms with Gasteiger partial charge in [0.05, 0.1) is 34.3 Å². The van der Waals surface area contributed by atoms with Crippen molar-refractivity contribution < 1.29 is 27.8 Å². The summed E-state index contributed by atoms with van der Waals surface area (Å²) in [6, 6.07) is 15.1. The lowest BCUT2D eigenvalue weighted by Crippen LogP contribution is -2.28. The molecule has 246 valence electrons. The Morgan fingerprint density at radius 1 is 0.936 bits per heavy atom. The third-order valence-electron chi connectivity index (χ3n) is 7.59. The van der Waals surface area contributed by atoms with E-state index in [0.717, 1.165) is 51.1 Å². The summed E-state index contributed by atoms with van der Waals surface area (Å²) in [5, 5.41) is 11.0.